The molecule has 4 N–H and O–H groups in total. The van der Waals surface area contributed by atoms with Crippen molar-refractivity contribution in [2.75, 3.05) is 40.2 Å². The van der Waals surface area contributed by atoms with Gasteiger partial charge in [-0.1, -0.05) is 86.7 Å². The molecule has 362 valence electrons. The second-order valence-corrected chi connectivity index (χ2v) is 22.8. The molecule has 1 saturated heterocycles. The van der Waals surface area contributed by atoms with E-state index in [9.17, 15) is 15.0 Å². The van der Waals surface area contributed by atoms with Gasteiger partial charge in [0, 0.05) is 25.2 Å². The van der Waals surface area contributed by atoms with Gasteiger partial charge in [-0.15, -0.1) is 10.2 Å². The van der Waals surface area contributed by atoms with E-state index in [1.165, 1.54) is 46.8 Å². The average Bonchev–Trinajstić information content (AvgIpc) is 4.09. The number of nitrogen functional groups attached to an aromatic ring is 1. The molecule has 18 nitrogen and oxygen atoms in total. The van der Waals surface area contributed by atoms with E-state index in [1.54, 1.807) is 101 Å². The lowest BCUT2D eigenvalue weighted by atomic mass is 9.72. The first-order chi connectivity index (χ1) is 32.8. The van der Waals surface area contributed by atoms with Gasteiger partial charge < -0.3 is 30.2 Å². The molecule has 21 heteroatoms. The number of thiazole rings is 1. The number of rotatable bonds is 16. The summed E-state index contributed by atoms with van der Waals surface area (Å²) in [5, 5.41) is 33.8. The van der Waals surface area contributed by atoms with Crippen molar-refractivity contribution in [1.29, 1.82) is 0 Å². The summed E-state index contributed by atoms with van der Waals surface area (Å²) < 4.78 is 82.0. The molecule has 2 atom stereocenters. The van der Waals surface area contributed by atoms with Crippen LogP contribution in [0.5, 0.6) is 17.2 Å². The Morgan fingerprint density at radius 1 is 0.826 bits per heavy atom. The number of carbonyl (C=O) groups is 1. The Morgan fingerprint density at radius 2 is 1.39 bits per heavy atom. The van der Waals surface area contributed by atoms with Crippen molar-refractivity contribution in [3.63, 3.8) is 0 Å². The number of aromatic nitrogens is 5. The Morgan fingerprint density at radius 3 is 1.90 bits per heavy atom. The molecule has 69 heavy (non-hydrogen) atoms. The molecule has 0 saturated carbocycles. The van der Waals surface area contributed by atoms with Gasteiger partial charge in [-0.05, 0) is 87.8 Å². The highest BCUT2D eigenvalue weighted by molar-refractivity contribution is 7.94. The molecule has 5 aromatic carbocycles. The first kappa shape index (κ1) is 48.8. The maximum Gasteiger partial charge on any atom is 0.407 e. The van der Waals surface area contributed by atoms with Crippen molar-refractivity contribution in [2.45, 2.75) is 67.4 Å². The zero-order valence-corrected chi connectivity index (χ0v) is 41.2. The van der Waals surface area contributed by atoms with Crippen LogP contribution in [0.25, 0.3) is 32.7 Å². The molecule has 8 rings (SSSR count). The number of methoxy groups -OCH3 is 3. The number of hydrogen-bond donors (Lipinski definition) is 3. The van der Waals surface area contributed by atoms with Gasteiger partial charge >= 0.3 is 6.09 Å². The molecule has 2 aromatic heterocycles. The molecule has 1 fully saturated rings. The number of amides is 1. The number of nitrogens with zero attached hydrogens (tertiary/aromatic N) is 7. The smallest absolute Gasteiger partial charge is 0.407 e. The number of anilines is 1. The van der Waals surface area contributed by atoms with E-state index in [2.05, 4.69) is 15.3 Å². The van der Waals surface area contributed by atoms with Crippen LogP contribution in [0, 0.1) is 5.41 Å². The van der Waals surface area contributed by atoms with Gasteiger partial charge in [0.05, 0.1) is 65.9 Å². The van der Waals surface area contributed by atoms with Gasteiger partial charge in [-0.2, -0.15) is 9.10 Å². The quantitative estimate of drug-likeness (QED) is 0.0886. The van der Waals surface area contributed by atoms with E-state index >= 15 is 16.8 Å². The Bertz CT molecular complexity index is 3180. The highest BCUT2D eigenvalue weighted by Crippen LogP contribution is 2.49. The first-order valence-electron chi connectivity index (χ1n) is 21.7. The SMILES string of the molecule is COc1ccc(CN(Cc2ccc(OC)cc2)S(=O)(=O)c2c(S(=O)(=O)[C@@H]3CN(C(=O)O)[C@](CO)(C(C)(C)C)C3)ccc(-c3cccc4sc(N)nc34)c2-c2nnn(Cc3ccc(OC)cc3)n2)cc1. The van der Waals surface area contributed by atoms with E-state index < -0.39 is 65.1 Å². The van der Waals surface area contributed by atoms with Crippen molar-refractivity contribution in [3.05, 3.63) is 120 Å². The topological polar surface area (TPSA) is 242 Å². The van der Waals surface area contributed by atoms with Crippen LogP contribution in [0.3, 0.4) is 0 Å². The second kappa shape index (κ2) is 19.0. The number of aliphatic hydroxyl groups is 1. The Kier molecular flexibility index (Phi) is 13.5. The second-order valence-electron chi connectivity index (χ2n) is 17.7. The highest BCUT2D eigenvalue weighted by atomic mass is 32.2. The zero-order valence-electron chi connectivity index (χ0n) is 38.7. The largest absolute Gasteiger partial charge is 0.497 e. The predicted molar refractivity (Wildman–Crippen MR) is 260 cm³/mol. The number of benzene rings is 5. The zero-order chi connectivity index (χ0) is 49.5. The summed E-state index contributed by atoms with van der Waals surface area (Å²) in [4.78, 5) is 18.5. The maximum absolute atomic E-state index is 16.3. The van der Waals surface area contributed by atoms with Gasteiger partial charge in [0.15, 0.2) is 15.0 Å². The van der Waals surface area contributed by atoms with Crippen LogP contribution in [0.4, 0.5) is 9.93 Å². The van der Waals surface area contributed by atoms with Gasteiger partial charge in [0.2, 0.25) is 15.8 Å². The van der Waals surface area contributed by atoms with Gasteiger partial charge in [0.1, 0.15) is 22.1 Å². The predicted octanol–water partition coefficient (Wildman–Crippen LogP) is 6.97. The molecule has 0 spiro atoms. The Hall–Kier alpha value is -6.65. The number of tetrazole rings is 1. The van der Waals surface area contributed by atoms with Crippen molar-refractivity contribution in [2.24, 2.45) is 5.41 Å². The molecule has 1 aliphatic heterocycles. The summed E-state index contributed by atoms with van der Waals surface area (Å²) in [7, 11) is -5.32. The van der Waals surface area contributed by atoms with E-state index in [-0.39, 0.29) is 48.1 Å². The summed E-state index contributed by atoms with van der Waals surface area (Å²) in [6.07, 6.45) is -1.77. The fourth-order valence-corrected chi connectivity index (χ4v) is 13.8. The number of sulfone groups is 1. The van der Waals surface area contributed by atoms with Crippen LogP contribution in [0.2, 0.25) is 0 Å². The number of carboxylic acid groups (broad SMARTS) is 1. The van der Waals surface area contributed by atoms with Crippen molar-refractivity contribution in [3.8, 4) is 39.8 Å². The normalized spacial score (nSPS) is 16.6. The number of hydrogen-bond acceptors (Lipinski definition) is 15. The third-order valence-electron chi connectivity index (χ3n) is 12.7. The third kappa shape index (κ3) is 9.31. The van der Waals surface area contributed by atoms with Crippen molar-refractivity contribution in [1.82, 2.24) is 34.4 Å². The lowest BCUT2D eigenvalue weighted by Gasteiger charge is -2.45. The van der Waals surface area contributed by atoms with Crippen molar-refractivity contribution >= 4 is 52.6 Å². The highest BCUT2D eigenvalue weighted by Gasteiger charge is 2.58. The number of ether oxygens (including phenoxy) is 3. The third-order valence-corrected chi connectivity index (χ3v) is 17.7. The average molecular weight is 997 g/mol. The monoisotopic (exact) mass is 996 g/mol. The molecule has 0 bridgehead atoms. The van der Waals surface area contributed by atoms with Gasteiger partial charge in [-0.25, -0.2) is 26.6 Å². The number of likely N-dealkylation sites (tertiary alicyclic amines) is 1. The van der Waals surface area contributed by atoms with Crippen LogP contribution in [-0.2, 0) is 39.5 Å². The number of nitrogens with two attached hydrogens (primary N) is 1. The molecule has 1 aliphatic rings. The van der Waals surface area contributed by atoms with E-state index in [4.69, 9.17) is 25.0 Å². The molecule has 3 heterocycles. The number of aliphatic hydroxyl groups excluding tert-OH is 1. The fourth-order valence-electron chi connectivity index (χ4n) is 8.88. The van der Waals surface area contributed by atoms with Crippen LogP contribution in [0.15, 0.2) is 113 Å². The number of para-hydroxylation sites is 1. The Labute approximate surface area is 403 Å². The molecule has 0 aliphatic carbocycles. The van der Waals surface area contributed by atoms with E-state index in [0.717, 1.165) is 10.5 Å². The lowest BCUT2D eigenvalue weighted by Crippen LogP contribution is -2.57. The minimum absolute atomic E-state index is 0.0921. The van der Waals surface area contributed by atoms with Crippen LogP contribution in [0.1, 0.15) is 43.9 Å². The molecule has 1 amide bonds. The lowest BCUT2D eigenvalue weighted by molar-refractivity contribution is -0.0112. The van der Waals surface area contributed by atoms with Gasteiger partial charge in [-0.3, -0.25) is 4.90 Å². The first-order valence-corrected chi connectivity index (χ1v) is 25.5. The maximum atomic E-state index is 16.3. The molecule has 0 radical (unpaired) electrons. The van der Waals surface area contributed by atoms with Crippen LogP contribution in [-0.4, -0.2) is 113 Å². The standard InChI is InChI=1S/C48H52N8O10S3/c1-47(2,3)48(29-57)24-36(28-55(48)46(58)59)68(60,61)40-23-22-37(38-8-7-9-39-42(38)50-45(49)67-39)41(44-51-53-56(52-44)27-32-14-20-35(66-6)21-15-32)43(40)69(62,63)54(25-30-10-16-33(64-4)17-11-30)26-31-12-18-34(65-5)19-13-31/h7-23,36,57H,24-29H2,1-6H3,(H2,49,50)(H,58,59)/t36-,48+/m0/s1. The van der Waals surface area contributed by atoms with E-state index in [1.807, 2.05) is 18.2 Å². The summed E-state index contributed by atoms with van der Waals surface area (Å²) >= 11 is 1.22. The van der Waals surface area contributed by atoms with Gasteiger partial charge in [0.25, 0.3) is 0 Å². The summed E-state index contributed by atoms with van der Waals surface area (Å²) in [6, 6.07) is 28.8. The summed E-state index contributed by atoms with van der Waals surface area (Å²) in [6.45, 7) is 3.52. The number of fused-ring (bicyclic) bond motifs is 1. The minimum atomic E-state index is -5.04. The fraction of sp³-hybridized carbons (Fsp3) is 0.312. The molecular formula is C48H52N8O10S3. The van der Waals surface area contributed by atoms with Crippen LogP contribution >= 0.6 is 11.3 Å². The molecule has 7 aromatic rings. The Balaban J connectivity index is 1.43. The minimum Gasteiger partial charge on any atom is -0.497 e. The molecular weight excluding hydrogens is 945 g/mol. The summed E-state index contributed by atoms with van der Waals surface area (Å²) in [5.74, 6) is 1.48. The van der Waals surface area contributed by atoms with E-state index in [0.29, 0.717) is 44.2 Å². The summed E-state index contributed by atoms with van der Waals surface area (Å²) in [5.41, 5.74) is 6.44. The number of sulfonamides is 1. The van der Waals surface area contributed by atoms with Crippen molar-refractivity contribution < 1.29 is 46.1 Å². The molecule has 0 unspecified atom stereocenters. The van der Waals surface area contributed by atoms with Crippen LogP contribution < -0.4 is 19.9 Å².